The first-order valence-corrected chi connectivity index (χ1v) is 10.2. The largest absolute Gasteiger partial charge is 0.492 e. The first-order valence-electron chi connectivity index (χ1n) is 10.2. The number of ether oxygens (including phenoxy) is 2. The highest BCUT2D eigenvalue weighted by Crippen LogP contribution is 2.46. The minimum atomic E-state index is -0.218. The molecule has 0 bridgehead atoms. The van der Waals surface area contributed by atoms with Crippen LogP contribution in [0, 0.1) is 20.8 Å². The van der Waals surface area contributed by atoms with Crippen LogP contribution in [0.3, 0.4) is 0 Å². The summed E-state index contributed by atoms with van der Waals surface area (Å²) in [4.78, 5) is 12.3. The van der Waals surface area contributed by atoms with Crippen LogP contribution < -0.4 is 15.4 Å². The lowest BCUT2D eigenvalue weighted by molar-refractivity contribution is 0.198. The number of rotatable bonds is 6. The van der Waals surface area contributed by atoms with Crippen molar-refractivity contribution in [2.24, 2.45) is 0 Å². The van der Waals surface area contributed by atoms with Gasteiger partial charge in [-0.25, -0.2) is 4.79 Å². The highest BCUT2D eigenvalue weighted by Gasteiger charge is 2.32. The van der Waals surface area contributed by atoms with Crippen LogP contribution in [0.25, 0.3) is 0 Å². The third-order valence-corrected chi connectivity index (χ3v) is 5.88. The third-order valence-electron chi connectivity index (χ3n) is 5.88. The molecule has 0 aliphatic carbocycles. The van der Waals surface area contributed by atoms with Gasteiger partial charge in [0.1, 0.15) is 5.75 Å². The number of benzene rings is 2. The lowest BCUT2D eigenvalue weighted by Gasteiger charge is -2.20. The number of nitrogens with one attached hydrogen (secondary N) is 2. The van der Waals surface area contributed by atoms with Gasteiger partial charge in [-0.1, -0.05) is 38.1 Å². The maximum Gasteiger partial charge on any atom is 0.319 e. The lowest BCUT2D eigenvalue weighted by atomic mass is 9.86. The zero-order valence-electron chi connectivity index (χ0n) is 18.3. The fraction of sp³-hybridized carbons (Fsp3) is 0.458. The van der Waals surface area contributed by atoms with Crippen molar-refractivity contribution >= 4 is 11.7 Å². The molecule has 2 aromatic rings. The highest BCUT2D eigenvalue weighted by molar-refractivity contribution is 5.92. The van der Waals surface area contributed by atoms with Crippen LogP contribution in [0.2, 0.25) is 0 Å². The standard InChI is InChI=1S/C24H32N2O3/c1-14(2)18-7-9-19(10-8-18)20-13-29-23-16(4)15(3)22(17(5)21(20)23)26-24(27)25-11-12-28-6/h7-10,14,20H,11-13H2,1-6H3,(H2,25,26,27). The van der Waals surface area contributed by atoms with Gasteiger partial charge in [0, 0.05) is 30.8 Å². The maximum absolute atomic E-state index is 12.3. The molecule has 2 amide bonds. The Bertz CT molecular complexity index is 888. The summed E-state index contributed by atoms with van der Waals surface area (Å²) in [6.45, 7) is 12.1. The van der Waals surface area contributed by atoms with E-state index in [0.29, 0.717) is 25.7 Å². The highest BCUT2D eigenvalue weighted by atomic mass is 16.5. The Labute approximate surface area is 173 Å². The quantitative estimate of drug-likeness (QED) is 0.674. The molecule has 1 unspecified atom stereocenters. The molecule has 5 nitrogen and oxygen atoms in total. The van der Waals surface area contributed by atoms with E-state index in [1.165, 1.54) is 16.7 Å². The molecular formula is C24H32N2O3. The summed E-state index contributed by atoms with van der Waals surface area (Å²) in [7, 11) is 1.62. The van der Waals surface area contributed by atoms with Gasteiger partial charge < -0.3 is 20.1 Å². The monoisotopic (exact) mass is 396 g/mol. The van der Waals surface area contributed by atoms with Gasteiger partial charge in [0.05, 0.1) is 13.2 Å². The predicted octanol–water partition coefficient (Wildman–Crippen LogP) is 5.03. The Hall–Kier alpha value is -2.53. The van der Waals surface area contributed by atoms with Crippen molar-refractivity contribution in [1.82, 2.24) is 5.32 Å². The molecule has 1 aliphatic heterocycles. The Morgan fingerprint density at radius 2 is 1.83 bits per heavy atom. The fourth-order valence-corrected chi connectivity index (χ4v) is 3.99. The molecule has 156 valence electrons. The van der Waals surface area contributed by atoms with Gasteiger partial charge in [-0.15, -0.1) is 0 Å². The summed E-state index contributed by atoms with van der Waals surface area (Å²) in [5.41, 5.74) is 7.82. The molecule has 0 saturated heterocycles. The minimum absolute atomic E-state index is 0.169. The summed E-state index contributed by atoms with van der Waals surface area (Å²) in [6, 6.07) is 8.60. The van der Waals surface area contributed by atoms with Crippen LogP contribution >= 0.6 is 0 Å². The van der Waals surface area contributed by atoms with E-state index in [1.807, 2.05) is 6.92 Å². The second kappa shape index (κ2) is 8.87. The lowest BCUT2D eigenvalue weighted by Crippen LogP contribution is -2.32. The van der Waals surface area contributed by atoms with Crippen LogP contribution in [0.5, 0.6) is 5.75 Å². The van der Waals surface area contributed by atoms with E-state index in [4.69, 9.17) is 9.47 Å². The van der Waals surface area contributed by atoms with E-state index in [-0.39, 0.29) is 11.9 Å². The van der Waals surface area contributed by atoms with Crippen LogP contribution in [-0.2, 0) is 4.74 Å². The summed E-state index contributed by atoms with van der Waals surface area (Å²) in [6.07, 6.45) is 0. The summed E-state index contributed by atoms with van der Waals surface area (Å²) >= 11 is 0. The molecule has 2 N–H and O–H groups in total. The molecule has 2 aromatic carbocycles. The van der Waals surface area contributed by atoms with Gasteiger partial charge in [0.25, 0.3) is 0 Å². The van der Waals surface area contributed by atoms with Crippen molar-refractivity contribution in [3.05, 3.63) is 57.6 Å². The van der Waals surface area contributed by atoms with Crippen molar-refractivity contribution in [2.75, 3.05) is 32.2 Å². The third kappa shape index (κ3) is 4.25. The van der Waals surface area contributed by atoms with E-state index < -0.39 is 0 Å². The zero-order valence-corrected chi connectivity index (χ0v) is 18.3. The molecule has 0 aromatic heterocycles. The van der Waals surface area contributed by atoms with Crippen molar-refractivity contribution in [3.8, 4) is 5.75 Å². The predicted molar refractivity (Wildman–Crippen MR) is 117 cm³/mol. The Morgan fingerprint density at radius 1 is 1.14 bits per heavy atom. The van der Waals surface area contributed by atoms with Gasteiger partial charge in [-0.05, 0) is 54.5 Å². The average molecular weight is 397 g/mol. The number of carbonyl (C=O) groups is 1. The van der Waals surface area contributed by atoms with E-state index in [2.05, 4.69) is 62.6 Å². The summed E-state index contributed by atoms with van der Waals surface area (Å²) < 4.78 is 11.1. The first-order chi connectivity index (χ1) is 13.8. The second-order valence-electron chi connectivity index (χ2n) is 8.05. The number of hydrogen-bond donors (Lipinski definition) is 2. The minimum Gasteiger partial charge on any atom is -0.492 e. The van der Waals surface area contributed by atoms with Crippen molar-refractivity contribution in [1.29, 1.82) is 0 Å². The summed E-state index contributed by atoms with van der Waals surface area (Å²) in [5.74, 6) is 1.64. The molecule has 3 rings (SSSR count). The molecule has 0 fully saturated rings. The van der Waals surface area contributed by atoms with Crippen molar-refractivity contribution < 1.29 is 14.3 Å². The van der Waals surface area contributed by atoms with Gasteiger partial charge >= 0.3 is 6.03 Å². The molecule has 1 atom stereocenters. The first kappa shape index (κ1) is 21.2. The molecule has 1 aliphatic rings. The van der Waals surface area contributed by atoms with Gasteiger partial charge in [-0.3, -0.25) is 0 Å². The molecule has 5 heteroatoms. The molecule has 0 spiro atoms. The molecule has 0 radical (unpaired) electrons. The Kier molecular flexibility index (Phi) is 6.48. The van der Waals surface area contributed by atoms with Crippen molar-refractivity contribution in [3.63, 3.8) is 0 Å². The van der Waals surface area contributed by atoms with E-state index in [0.717, 1.165) is 28.1 Å². The fourth-order valence-electron chi connectivity index (χ4n) is 3.99. The molecule has 0 saturated carbocycles. The number of fused-ring (bicyclic) bond motifs is 1. The number of methoxy groups -OCH3 is 1. The topological polar surface area (TPSA) is 59.6 Å². The van der Waals surface area contributed by atoms with Crippen LogP contribution in [-0.4, -0.2) is 32.9 Å². The van der Waals surface area contributed by atoms with Gasteiger partial charge in [0.2, 0.25) is 0 Å². The second-order valence-corrected chi connectivity index (χ2v) is 8.05. The SMILES string of the molecule is COCCNC(=O)Nc1c(C)c(C)c2c(c1C)C(c1ccc(C(C)C)cc1)CO2. The van der Waals surface area contributed by atoms with Crippen LogP contribution in [0.15, 0.2) is 24.3 Å². The van der Waals surface area contributed by atoms with Gasteiger partial charge in [0.15, 0.2) is 0 Å². The number of hydrogen-bond acceptors (Lipinski definition) is 3. The van der Waals surface area contributed by atoms with E-state index in [1.54, 1.807) is 7.11 Å². The number of amides is 2. The number of carbonyl (C=O) groups excluding carboxylic acids is 1. The average Bonchev–Trinajstić information content (AvgIpc) is 3.15. The van der Waals surface area contributed by atoms with Crippen LogP contribution in [0.1, 0.15) is 59.1 Å². The molecule has 29 heavy (non-hydrogen) atoms. The van der Waals surface area contributed by atoms with Crippen LogP contribution in [0.4, 0.5) is 10.5 Å². The number of anilines is 1. The number of urea groups is 1. The molecule has 1 heterocycles. The normalized spacial score (nSPS) is 15.2. The maximum atomic E-state index is 12.3. The zero-order chi connectivity index (χ0) is 21.1. The summed E-state index contributed by atoms with van der Waals surface area (Å²) in [5, 5.41) is 5.87. The van der Waals surface area contributed by atoms with Gasteiger partial charge in [-0.2, -0.15) is 0 Å². The molecular weight excluding hydrogens is 364 g/mol. The van der Waals surface area contributed by atoms with Crippen molar-refractivity contribution in [2.45, 2.75) is 46.5 Å². The van der Waals surface area contributed by atoms with E-state index >= 15 is 0 Å². The smallest absolute Gasteiger partial charge is 0.319 e. The Balaban J connectivity index is 1.94. The Morgan fingerprint density at radius 3 is 2.45 bits per heavy atom. The van der Waals surface area contributed by atoms with E-state index in [9.17, 15) is 4.79 Å².